The Balaban J connectivity index is 1.83. The SMILES string of the molecule is C[C@@H](NC(=O)N(CC1CC1)CC1CC1)C(=O)O. The molecule has 96 valence electrons. The molecule has 2 aliphatic rings. The van der Waals surface area contributed by atoms with Crippen LogP contribution >= 0.6 is 0 Å². The largest absolute Gasteiger partial charge is 0.480 e. The number of carbonyl (C=O) groups excluding carboxylic acids is 1. The average Bonchev–Trinajstić information content (AvgIpc) is 3.10. The van der Waals surface area contributed by atoms with Gasteiger partial charge in [-0.05, 0) is 44.4 Å². The predicted octanol–water partition coefficient (Wildman–Crippen LogP) is 1.29. The lowest BCUT2D eigenvalue weighted by atomic mass is 10.3. The van der Waals surface area contributed by atoms with E-state index in [4.69, 9.17) is 5.11 Å². The van der Waals surface area contributed by atoms with Gasteiger partial charge in [-0.3, -0.25) is 4.79 Å². The lowest BCUT2D eigenvalue weighted by Gasteiger charge is -2.24. The molecule has 2 rings (SSSR count). The number of carbonyl (C=O) groups is 2. The van der Waals surface area contributed by atoms with Gasteiger partial charge < -0.3 is 15.3 Å². The molecule has 2 fully saturated rings. The first kappa shape index (κ1) is 12.2. The van der Waals surface area contributed by atoms with Crippen LogP contribution < -0.4 is 5.32 Å². The lowest BCUT2D eigenvalue weighted by molar-refractivity contribution is -0.138. The number of hydrogen-bond donors (Lipinski definition) is 2. The van der Waals surface area contributed by atoms with Gasteiger partial charge in [-0.15, -0.1) is 0 Å². The van der Waals surface area contributed by atoms with Crippen molar-refractivity contribution in [2.45, 2.75) is 38.6 Å². The number of amides is 2. The van der Waals surface area contributed by atoms with Crippen LogP contribution in [-0.4, -0.2) is 41.1 Å². The molecule has 0 aliphatic heterocycles. The van der Waals surface area contributed by atoms with Crippen LogP contribution in [0.4, 0.5) is 4.79 Å². The van der Waals surface area contributed by atoms with E-state index < -0.39 is 12.0 Å². The Hall–Kier alpha value is -1.26. The fourth-order valence-corrected chi connectivity index (χ4v) is 1.80. The number of urea groups is 1. The van der Waals surface area contributed by atoms with Gasteiger partial charge in [0.15, 0.2) is 0 Å². The summed E-state index contributed by atoms with van der Waals surface area (Å²) < 4.78 is 0. The summed E-state index contributed by atoms with van der Waals surface area (Å²) in [6.07, 6.45) is 4.79. The van der Waals surface area contributed by atoms with Gasteiger partial charge in [0.1, 0.15) is 6.04 Å². The molecular formula is C12H20N2O3. The maximum atomic E-state index is 11.9. The molecule has 2 aliphatic carbocycles. The maximum Gasteiger partial charge on any atom is 0.325 e. The Labute approximate surface area is 101 Å². The highest BCUT2D eigenvalue weighted by molar-refractivity contribution is 5.82. The molecule has 0 aromatic rings. The second-order valence-electron chi connectivity index (χ2n) is 5.30. The summed E-state index contributed by atoms with van der Waals surface area (Å²) in [5, 5.41) is 11.3. The number of nitrogens with zero attached hydrogens (tertiary/aromatic N) is 1. The number of nitrogens with one attached hydrogen (secondary N) is 1. The maximum absolute atomic E-state index is 11.9. The van der Waals surface area contributed by atoms with Crippen molar-refractivity contribution in [2.24, 2.45) is 11.8 Å². The molecule has 0 aromatic carbocycles. The Bertz CT molecular complexity index is 297. The summed E-state index contributed by atoms with van der Waals surface area (Å²) in [4.78, 5) is 24.4. The second kappa shape index (κ2) is 4.94. The van der Waals surface area contributed by atoms with Gasteiger partial charge in [-0.1, -0.05) is 0 Å². The van der Waals surface area contributed by atoms with Crippen molar-refractivity contribution < 1.29 is 14.7 Å². The summed E-state index contributed by atoms with van der Waals surface area (Å²) >= 11 is 0. The fraction of sp³-hybridized carbons (Fsp3) is 0.833. The molecule has 0 aromatic heterocycles. The molecule has 0 saturated heterocycles. The van der Waals surface area contributed by atoms with Crippen molar-refractivity contribution in [1.29, 1.82) is 0 Å². The van der Waals surface area contributed by atoms with Crippen LogP contribution in [0, 0.1) is 11.8 Å². The van der Waals surface area contributed by atoms with E-state index in [-0.39, 0.29) is 6.03 Å². The fourth-order valence-electron chi connectivity index (χ4n) is 1.80. The first-order valence-corrected chi connectivity index (χ1v) is 6.34. The van der Waals surface area contributed by atoms with Crippen LogP contribution in [0.1, 0.15) is 32.6 Å². The topological polar surface area (TPSA) is 69.6 Å². The Morgan fingerprint density at radius 1 is 1.24 bits per heavy atom. The van der Waals surface area contributed by atoms with Crippen molar-refractivity contribution in [3.05, 3.63) is 0 Å². The van der Waals surface area contributed by atoms with Gasteiger partial charge in [-0.25, -0.2) is 4.79 Å². The molecule has 0 spiro atoms. The van der Waals surface area contributed by atoms with Crippen LogP contribution in [-0.2, 0) is 4.79 Å². The summed E-state index contributed by atoms with van der Waals surface area (Å²) in [6, 6.07) is -1.04. The molecule has 2 amide bonds. The van der Waals surface area contributed by atoms with E-state index in [1.807, 2.05) is 0 Å². The van der Waals surface area contributed by atoms with Crippen LogP contribution in [0.3, 0.4) is 0 Å². The molecule has 0 bridgehead atoms. The van der Waals surface area contributed by atoms with Crippen LogP contribution in [0.25, 0.3) is 0 Å². The molecule has 5 nitrogen and oxygen atoms in total. The van der Waals surface area contributed by atoms with Gasteiger partial charge in [0.2, 0.25) is 0 Å². The van der Waals surface area contributed by atoms with Crippen molar-refractivity contribution in [1.82, 2.24) is 10.2 Å². The van der Waals surface area contributed by atoms with Crippen LogP contribution in [0.2, 0.25) is 0 Å². The Morgan fingerprint density at radius 3 is 2.06 bits per heavy atom. The minimum Gasteiger partial charge on any atom is -0.480 e. The van der Waals surface area contributed by atoms with Gasteiger partial charge in [0.05, 0.1) is 0 Å². The van der Waals surface area contributed by atoms with Crippen molar-refractivity contribution in [2.75, 3.05) is 13.1 Å². The molecular weight excluding hydrogens is 220 g/mol. The zero-order chi connectivity index (χ0) is 12.4. The van der Waals surface area contributed by atoms with Gasteiger partial charge >= 0.3 is 12.0 Å². The highest BCUT2D eigenvalue weighted by atomic mass is 16.4. The summed E-state index contributed by atoms with van der Waals surface area (Å²) in [7, 11) is 0. The van der Waals surface area contributed by atoms with E-state index in [2.05, 4.69) is 5.32 Å². The number of carboxylic acids is 1. The molecule has 1 atom stereocenters. The van der Waals surface area contributed by atoms with E-state index in [1.54, 1.807) is 4.90 Å². The third-order valence-electron chi connectivity index (χ3n) is 3.35. The summed E-state index contributed by atoms with van der Waals surface area (Å²) in [5.41, 5.74) is 0. The quantitative estimate of drug-likeness (QED) is 0.735. The molecule has 0 radical (unpaired) electrons. The summed E-state index contributed by atoms with van der Waals surface area (Å²) in [5.74, 6) is 0.287. The van der Waals surface area contributed by atoms with E-state index >= 15 is 0 Å². The minimum atomic E-state index is -0.990. The lowest BCUT2D eigenvalue weighted by Crippen LogP contribution is -2.48. The summed E-state index contributed by atoms with van der Waals surface area (Å²) in [6.45, 7) is 3.07. The standard InChI is InChI=1S/C12H20N2O3/c1-8(11(15)16)13-12(17)14(6-9-2-3-9)7-10-4-5-10/h8-10H,2-7H2,1H3,(H,13,17)(H,15,16)/t8-/m1/s1. The first-order valence-electron chi connectivity index (χ1n) is 6.34. The normalized spacial score (nSPS) is 20.8. The Morgan fingerprint density at radius 2 is 1.71 bits per heavy atom. The smallest absolute Gasteiger partial charge is 0.325 e. The Kier molecular flexibility index (Phi) is 3.54. The number of carboxylic acid groups (broad SMARTS) is 1. The third-order valence-corrected chi connectivity index (χ3v) is 3.35. The van der Waals surface area contributed by atoms with E-state index in [0.717, 1.165) is 13.1 Å². The zero-order valence-corrected chi connectivity index (χ0v) is 10.2. The molecule has 2 N–H and O–H groups in total. The van der Waals surface area contributed by atoms with E-state index in [9.17, 15) is 9.59 Å². The molecule has 5 heteroatoms. The minimum absolute atomic E-state index is 0.223. The predicted molar refractivity (Wildman–Crippen MR) is 62.7 cm³/mol. The van der Waals surface area contributed by atoms with Crippen molar-refractivity contribution in [3.8, 4) is 0 Å². The first-order chi connectivity index (χ1) is 8.06. The second-order valence-corrected chi connectivity index (χ2v) is 5.30. The zero-order valence-electron chi connectivity index (χ0n) is 10.2. The molecule has 0 unspecified atom stereocenters. The van der Waals surface area contributed by atoms with Gasteiger partial charge in [0.25, 0.3) is 0 Å². The number of hydrogen-bond acceptors (Lipinski definition) is 2. The van der Waals surface area contributed by atoms with Gasteiger partial charge in [-0.2, -0.15) is 0 Å². The molecule has 0 heterocycles. The average molecular weight is 240 g/mol. The number of aliphatic carboxylic acids is 1. The van der Waals surface area contributed by atoms with Crippen LogP contribution in [0.5, 0.6) is 0 Å². The van der Waals surface area contributed by atoms with E-state index in [1.165, 1.54) is 32.6 Å². The monoisotopic (exact) mass is 240 g/mol. The molecule has 2 saturated carbocycles. The van der Waals surface area contributed by atoms with Crippen molar-refractivity contribution >= 4 is 12.0 Å². The highest BCUT2D eigenvalue weighted by Gasteiger charge is 2.32. The van der Waals surface area contributed by atoms with Crippen LogP contribution in [0.15, 0.2) is 0 Å². The van der Waals surface area contributed by atoms with Gasteiger partial charge in [0, 0.05) is 13.1 Å². The van der Waals surface area contributed by atoms with Crippen molar-refractivity contribution in [3.63, 3.8) is 0 Å². The highest BCUT2D eigenvalue weighted by Crippen LogP contribution is 2.33. The molecule has 17 heavy (non-hydrogen) atoms. The van der Waals surface area contributed by atoms with E-state index in [0.29, 0.717) is 11.8 Å². The third kappa shape index (κ3) is 3.91. The number of rotatable bonds is 6.